The first-order valence-electron chi connectivity index (χ1n) is 7.34. The van der Waals surface area contributed by atoms with Crippen LogP contribution in [-0.4, -0.2) is 26.8 Å². The third kappa shape index (κ3) is 4.29. The number of carbonyl (C=O) groups is 1. The molecular weight excluding hydrogens is 401 g/mol. The highest BCUT2D eigenvalue weighted by Gasteiger charge is 2.22. The van der Waals surface area contributed by atoms with Gasteiger partial charge in [-0.1, -0.05) is 30.0 Å². The molecule has 6 nitrogen and oxygen atoms in total. The summed E-state index contributed by atoms with van der Waals surface area (Å²) in [5, 5.41) is 2.41. The first-order valence-corrected chi connectivity index (χ1v) is 8.94. The van der Waals surface area contributed by atoms with E-state index in [2.05, 4.69) is 15.3 Å². The Bertz CT molecular complexity index is 924. The number of hydrogen-bond acceptors (Lipinski definition) is 7. The summed E-state index contributed by atoms with van der Waals surface area (Å²) in [5.41, 5.74) is 0.698. The van der Waals surface area contributed by atoms with Crippen molar-refractivity contribution in [2.45, 2.75) is 6.92 Å². The molecule has 1 aromatic carbocycles. The van der Waals surface area contributed by atoms with E-state index in [1.54, 1.807) is 31.2 Å². The third-order valence-electron chi connectivity index (χ3n) is 3.10. The molecular formula is C16H11ClFN3O3S2. The monoisotopic (exact) mass is 411 g/mol. The second kappa shape index (κ2) is 7.98. The van der Waals surface area contributed by atoms with Gasteiger partial charge in [0.2, 0.25) is 11.1 Å². The van der Waals surface area contributed by atoms with Gasteiger partial charge in [0.1, 0.15) is 4.32 Å². The quantitative estimate of drug-likeness (QED) is 0.453. The first kappa shape index (κ1) is 18.6. The van der Waals surface area contributed by atoms with Crippen LogP contribution in [0.4, 0.5) is 4.39 Å². The van der Waals surface area contributed by atoms with Crippen LogP contribution in [0.25, 0.3) is 6.08 Å². The number of aromatic nitrogens is 2. The molecule has 1 fully saturated rings. The Balaban J connectivity index is 1.92. The molecule has 0 spiro atoms. The molecule has 2 heterocycles. The normalized spacial score (nSPS) is 15.3. The number of nitrogens with zero attached hydrogens (tertiary/aromatic N) is 2. The topological polar surface area (TPSA) is 73.3 Å². The zero-order valence-electron chi connectivity index (χ0n) is 13.3. The highest BCUT2D eigenvalue weighted by atomic mass is 35.5. The lowest BCUT2D eigenvalue weighted by Crippen LogP contribution is -2.17. The second-order valence-electron chi connectivity index (χ2n) is 4.89. The molecule has 3 rings (SSSR count). The number of hydrogen-bond donors (Lipinski definition) is 1. The maximum atomic E-state index is 13.8. The Morgan fingerprint density at radius 3 is 2.92 bits per heavy atom. The van der Waals surface area contributed by atoms with Crippen molar-refractivity contribution in [3.8, 4) is 17.4 Å². The van der Waals surface area contributed by atoms with Crippen molar-refractivity contribution >= 4 is 51.9 Å². The largest absolute Gasteiger partial charge is 0.490 e. The number of carbonyl (C=O) groups excluding carboxylic acids is 1. The van der Waals surface area contributed by atoms with Crippen molar-refractivity contribution in [1.82, 2.24) is 15.3 Å². The first-order chi connectivity index (χ1) is 12.5. The van der Waals surface area contributed by atoms with Gasteiger partial charge in [0, 0.05) is 0 Å². The van der Waals surface area contributed by atoms with Crippen LogP contribution in [0.15, 0.2) is 29.3 Å². The van der Waals surface area contributed by atoms with Crippen molar-refractivity contribution in [2.75, 3.05) is 6.61 Å². The number of rotatable bonds is 5. The lowest BCUT2D eigenvalue weighted by atomic mass is 10.2. The molecule has 1 aromatic heterocycles. The summed E-state index contributed by atoms with van der Waals surface area (Å²) in [7, 11) is 0. The molecule has 0 aliphatic carbocycles. The van der Waals surface area contributed by atoms with Crippen molar-refractivity contribution in [1.29, 1.82) is 0 Å². The van der Waals surface area contributed by atoms with Crippen LogP contribution in [-0.2, 0) is 4.79 Å². The Morgan fingerprint density at radius 2 is 2.23 bits per heavy atom. The summed E-state index contributed by atoms with van der Waals surface area (Å²) in [5.74, 6) is -0.705. The fourth-order valence-corrected chi connectivity index (χ4v) is 3.22. The molecule has 1 aliphatic heterocycles. The van der Waals surface area contributed by atoms with E-state index in [9.17, 15) is 9.18 Å². The summed E-state index contributed by atoms with van der Waals surface area (Å²) in [6.45, 7) is 2.17. The van der Waals surface area contributed by atoms with Gasteiger partial charge in [-0.05, 0) is 42.3 Å². The van der Waals surface area contributed by atoms with Crippen LogP contribution in [0.1, 0.15) is 12.5 Å². The summed E-state index contributed by atoms with van der Waals surface area (Å²) < 4.78 is 25.2. The van der Waals surface area contributed by atoms with Crippen molar-refractivity contribution in [3.63, 3.8) is 0 Å². The molecule has 0 atom stereocenters. The Hall–Kier alpha value is -2.23. The van der Waals surface area contributed by atoms with Crippen LogP contribution >= 0.6 is 35.6 Å². The Morgan fingerprint density at radius 1 is 1.42 bits per heavy atom. The van der Waals surface area contributed by atoms with Crippen molar-refractivity contribution in [2.24, 2.45) is 0 Å². The highest BCUT2D eigenvalue weighted by Crippen LogP contribution is 2.34. The fourth-order valence-electron chi connectivity index (χ4n) is 2.05. The summed E-state index contributed by atoms with van der Waals surface area (Å²) in [4.78, 5) is 19.5. The molecule has 10 heteroatoms. The Kier molecular flexibility index (Phi) is 5.70. The summed E-state index contributed by atoms with van der Waals surface area (Å²) in [6, 6.07) is 4.95. The maximum Gasteiger partial charge on any atom is 0.263 e. The van der Waals surface area contributed by atoms with E-state index in [1.807, 2.05) is 0 Å². The van der Waals surface area contributed by atoms with Crippen LogP contribution in [0, 0.1) is 5.82 Å². The smallest absolute Gasteiger partial charge is 0.263 e. The van der Waals surface area contributed by atoms with Crippen LogP contribution < -0.4 is 14.8 Å². The highest BCUT2D eigenvalue weighted by molar-refractivity contribution is 8.26. The standard InChI is InChI=1S/C16H11ClFN3O3S2/c1-2-23-11-5-8(6-12-13(22)20-16(25)26-12)3-4-10(11)24-14-9(18)7-19-15(17)21-14/h3-7H,2H2,1H3,(H,20,22,25)/b12-6-. The van der Waals surface area contributed by atoms with Gasteiger partial charge in [0.25, 0.3) is 11.8 Å². The lowest BCUT2D eigenvalue weighted by Gasteiger charge is -2.12. The third-order valence-corrected chi connectivity index (χ3v) is 4.44. The fraction of sp³-hybridized carbons (Fsp3) is 0.125. The minimum Gasteiger partial charge on any atom is -0.490 e. The molecule has 0 unspecified atom stereocenters. The summed E-state index contributed by atoms with van der Waals surface area (Å²) in [6.07, 6.45) is 2.59. The van der Waals surface area contributed by atoms with Gasteiger partial charge < -0.3 is 14.8 Å². The molecule has 0 radical (unpaired) electrons. The van der Waals surface area contributed by atoms with Gasteiger partial charge in [0.15, 0.2) is 11.5 Å². The van der Waals surface area contributed by atoms with Crippen LogP contribution in [0.3, 0.4) is 0 Å². The van der Waals surface area contributed by atoms with Crippen LogP contribution in [0.2, 0.25) is 5.28 Å². The van der Waals surface area contributed by atoms with Gasteiger partial charge in [-0.15, -0.1) is 0 Å². The van der Waals surface area contributed by atoms with E-state index < -0.39 is 5.82 Å². The molecule has 134 valence electrons. The second-order valence-corrected chi connectivity index (χ2v) is 6.94. The molecule has 26 heavy (non-hydrogen) atoms. The number of amides is 1. The number of thioether (sulfide) groups is 1. The van der Waals surface area contributed by atoms with Crippen molar-refractivity contribution < 1.29 is 18.7 Å². The number of nitrogens with one attached hydrogen (secondary N) is 1. The zero-order valence-corrected chi connectivity index (χ0v) is 15.7. The molecule has 2 aromatic rings. The molecule has 1 amide bonds. The van der Waals surface area contributed by atoms with E-state index in [4.69, 9.17) is 33.3 Å². The van der Waals surface area contributed by atoms with Gasteiger partial charge in [0.05, 0.1) is 17.7 Å². The minimum atomic E-state index is -0.754. The SMILES string of the molecule is CCOc1cc(/C=C2\SC(=S)NC2=O)ccc1Oc1nc(Cl)ncc1F. The number of benzene rings is 1. The van der Waals surface area contributed by atoms with Gasteiger partial charge in [-0.2, -0.15) is 9.37 Å². The van der Waals surface area contributed by atoms with E-state index in [-0.39, 0.29) is 22.8 Å². The number of ether oxygens (including phenoxy) is 2. The number of halogens is 2. The maximum absolute atomic E-state index is 13.8. The van der Waals surface area contributed by atoms with E-state index in [0.717, 1.165) is 6.20 Å². The molecule has 0 saturated carbocycles. The predicted octanol–water partition coefficient (Wildman–Crippen LogP) is 3.95. The molecule has 1 N–H and O–H groups in total. The zero-order chi connectivity index (χ0) is 18.7. The van der Waals surface area contributed by atoms with Crippen LogP contribution in [0.5, 0.6) is 17.4 Å². The van der Waals surface area contributed by atoms with E-state index in [1.165, 1.54) is 11.8 Å². The van der Waals surface area contributed by atoms with E-state index >= 15 is 0 Å². The molecule has 0 bridgehead atoms. The van der Waals surface area contributed by atoms with Crippen molar-refractivity contribution in [3.05, 3.63) is 46.0 Å². The Labute approximate surface area is 162 Å². The lowest BCUT2D eigenvalue weighted by molar-refractivity contribution is -0.115. The average Bonchev–Trinajstić information content (AvgIpc) is 2.91. The average molecular weight is 412 g/mol. The van der Waals surface area contributed by atoms with Gasteiger partial charge >= 0.3 is 0 Å². The summed E-state index contributed by atoms with van der Waals surface area (Å²) >= 11 is 11.8. The van der Waals surface area contributed by atoms with Gasteiger partial charge in [-0.25, -0.2) is 4.98 Å². The van der Waals surface area contributed by atoms with Gasteiger partial charge in [-0.3, -0.25) is 4.79 Å². The minimum absolute atomic E-state index is 0.138. The predicted molar refractivity (Wildman–Crippen MR) is 101 cm³/mol. The number of thiocarbonyl (C=S) groups is 1. The van der Waals surface area contributed by atoms with E-state index in [0.29, 0.717) is 27.1 Å². The molecule has 1 saturated heterocycles. The molecule has 1 aliphatic rings.